The summed E-state index contributed by atoms with van der Waals surface area (Å²) in [4.78, 5) is 0. The van der Waals surface area contributed by atoms with E-state index < -0.39 is 12.7 Å². The van der Waals surface area contributed by atoms with Gasteiger partial charge in [-0.2, -0.15) is 13.2 Å². The molecule has 0 radical (unpaired) electrons. The van der Waals surface area contributed by atoms with Crippen LogP contribution in [0.3, 0.4) is 0 Å². The van der Waals surface area contributed by atoms with Crippen molar-refractivity contribution in [2.45, 2.75) is 37.5 Å². The van der Waals surface area contributed by atoms with Crippen LogP contribution in [0.5, 0.6) is 0 Å². The van der Waals surface area contributed by atoms with E-state index in [0.29, 0.717) is 6.42 Å². The van der Waals surface area contributed by atoms with Crippen LogP contribution in [-0.2, 0) is 0 Å². The van der Waals surface area contributed by atoms with Crippen LogP contribution in [0.25, 0.3) is 0 Å². The van der Waals surface area contributed by atoms with Crippen LogP contribution in [0.15, 0.2) is 0 Å². The van der Waals surface area contributed by atoms with E-state index >= 15 is 0 Å². The molecule has 0 heterocycles. The van der Waals surface area contributed by atoms with Crippen LogP contribution in [0.4, 0.5) is 13.2 Å². The second-order valence-electron chi connectivity index (χ2n) is 3.27. The molecule has 2 nitrogen and oxygen atoms in total. The Labute approximate surface area is 93.6 Å². The maximum absolute atomic E-state index is 11.7. The van der Waals surface area contributed by atoms with Gasteiger partial charge in [-0.3, -0.25) is 0 Å². The number of halogens is 5. The summed E-state index contributed by atoms with van der Waals surface area (Å²) in [6.07, 6.45) is -1.85. The molecule has 1 rings (SSSR count). The normalized spacial score (nSPS) is 26.6. The first kappa shape index (κ1) is 16.7. The fourth-order valence-corrected chi connectivity index (χ4v) is 1.46. The lowest BCUT2D eigenvalue weighted by Gasteiger charge is -2.13. The van der Waals surface area contributed by atoms with Crippen molar-refractivity contribution in [1.29, 1.82) is 0 Å². The molecule has 0 aromatic heterocycles. The standard InChI is InChI=1S/C7H13F3N2.2ClH/c8-7(9,10)4-12-6-2-1-5(11)3-6;;/h5-6,12H,1-4,11H2;2*1H/t5?,6-;;/m1../s1. The molecule has 0 aliphatic heterocycles. The highest BCUT2D eigenvalue weighted by Gasteiger charge is 2.30. The van der Waals surface area contributed by atoms with Crippen molar-refractivity contribution in [3.63, 3.8) is 0 Å². The monoisotopic (exact) mass is 254 g/mol. The fraction of sp³-hybridized carbons (Fsp3) is 1.00. The summed E-state index contributed by atoms with van der Waals surface area (Å²) in [5, 5.41) is 2.45. The number of hydrogen-bond donors (Lipinski definition) is 2. The lowest BCUT2D eigenvalue weighted by Crippen LogP contribution is -2.36. The topological polar surface area (TPSA) is 38.0 Å². The van der Waals surface area contributed by atoms with Crippen molar-refractivity contribution in [2.24, 2.45) is 5.73 Å². The summed E-state index contributed by atoms with van der Waals surface area (Å²) in [5.41, 5.74) is 5.54. The molecule has 1 aliphatic rings. The van der Waals surface area contributed by atoms with Gasteiger partial charge in [-0.25, -0.2) is 0 Å². The van der Waals surface area contributed by atoms with Gasteiger partial charge >= 0.3 is 6.18 Å². The van der Waals surface area contributed by atoms with Crippen LogP contribution in [0.2, 0.25) is 0 Å². The lowest BCUT2D eigenvalue weighted by atomic mass is 10.2. The van der Waals surface area contributed by atoms with Gasteiger partial charge in [-0.1, -0.05) is 0 Å². The molecule has 88 valence electrons. The minimum Gasteiger partial charge on any atom is -0.328 e. The predicted octanol–water partition coefficient (Wildman–Crippen LogP) is 1.86. The largest absolute Gasteiger partial charge is 0.401 e. The lowest BCUT2D eigenvalue weighted by molar-refractivity contribution is -0.126. The van der Waals surface area contributed by atoms with E-state index in [-0.39, 0.29) is 36.9 Å². The van der Waals surface area contributed by atoms with E-state index in [2.05, 4.69) is 5.32 Å². The summed E-state index contributed by atoms with van der Waals surface area (Å²) in [7, 11) is 0. The molecule has 1 saturated carbocycles. The Balaban J connectivity index is 0. The van der Waals surface area contributed by atoms with Gasteiger partial charge in [0.1, 0.15) is 0 Å². The number of rotatable bonds is 2. The second kappa shape index (κ2) is 6.71. The zero-order valence-corrected chi connectivity index (χ0v) is 9.14. The Morgan fingerprint density at radius 1 is 1.21 bits per heavy atom. The van der Waals surface area contributed by atoms with Gasteiger partial charge in [0.15, 0.2) is 0 Å². The Bertz CT molecular complexity index is 154. The molecule has 0 bridgehead atoms. The molecule has 14 heavy (non-hydrogen) atoms. The summed E-state index contributed by atoms with van der Waals surface area (Å²) in [6, 6.07) is 0.0392. The number of nitrogens with one attached hydrogen (secondary N) is 1. The van der Waals surface area contributed by atoms with E-state index in [1.54, 1.807) is 0 Å². The molecule has 0 amide bonds. The quantitative estimate of drug-likeness (QED) is 0.790. The van der Waals surface area contributed by atoms with Gasteiger partial charge in [0.25, 0.3) is 0 Å². The molecule has 0 aromatic rings. The Hall–Kier alpha value is 0.290. The Morgan fingerprint density at radius 2 is 1.79 bits per heavy atom. The van der Waals surface area contributed by atoms with Crippen molar-refractivity contribution in [3.8, 4) is 0 Å². The third-order valence-corrected chi connectivity index (χ3v) is 2.06. The predicted molar refractivity (Wildman–Crippen MR) is 54.2 cm³/mol. The minimum absolute atomic E-state index is 0. The van der Waals surface area contributed by atoms with Crippen molar-refractivity contribution in [3.05, 3.63) is 0 Å². The number of nitrogens with two attached hydrogens (primary N) is 1. The first-order valence-electron chi connectivity index (χ1n) is 4.03. The van der Waals surface area contributed by atoms with Crippen molar-refractivity contribution in [2.75, 3.05) is 6.54 Å². The summed E-state index contributed by atoms with van der Waals surface area (Å²) in [6.45, 7) is -0.898. The highest BCUT2D eigenvalue weighted by molar-refractivity contribution is 5.85. The minimum atomic E-state index is -4.10. The molecule has 0 saturated heterocycles. The average molecular weight is 255 g/mol. The SMILES string of the molecule is Cl.Cl.NC1CC[C@@H](NCC(F)(F)F)C1. The van der Waals surface area contributed by atoms with Crippen molar-refractivity contribution >= 4 is 24.8 Å². The molecule has 1 unspecified atom stereocenters. The zero-order chi connectivity index (χ0) is 9.19. The Kier molecular flexibility index (Phi) is 8.01. The average Bonchev–Trinajstić information content (AvgIpc) is 2.30. The zero-order valence-electron chi connectivity index (χ0n) is 7.51. The highest BCUT2D eigenvalue weighted by Crippen LogP contribution is 2.19. The van der Waals surface area contributed by atoms with Gasteiger partial charge in [-0.05, 0) is 19.3 Å². The second-order valence-corrected chi connectivity index (χ2v) is 3.27. The van der Waals surface area contributed by atoms with E-state index in [1.807, 2.05) is 0 Å². The molecule has 1 fully saturated rings. The van der Waals surface area contributed by atoms with E-state index in [0.717, 1.165) is 12.8 Å². The Morgan fingerprint density at radius 3 is 2.14 bits per heavy atom. The first-order chi connectivity index (χ1) is 5.47. The summed E-state index contributed by atoms with van der Waals surface area (Å²) >= 11 is 0. The van der Waals surface area contributed by atoms with Gasteiger partial charge < -0.3 is 11.1 Å². The van der Waals surface area contributed by atoms with Crippen LogP contribution < -0.4 is 11.1 Å². The molecule has 7 heteroatoms. The third kappa shape index (κ3) is 6.70. The number of hydrogen-bond acceptors (Lipinski definition) is 2. The van der Waals surface area contributed by atoms with Gasteiger partial charge in [0.2, 0.25) is 0 Å². The van der Waals surface area contributed by atoms with Crippen LogP contribution in [0, 0.1) is 0 Å². The van der Waals surface area contributed by atoms with E-state index in [1.165, 1.54) is 0 Å². The van der Waals surface area contributed by atoms with Crippen LogP contribution in [0.1, 0.15) is 19.3 Å². The first-order valence-corrected chi connectivity index (χ1v) is 4.03. The van der Waals surface area contributed by atoms with Crippen molar-refractivity contribution < 1.29 is 13.2 Å². The highest BCUT2D eigenvalue weighted by atomic mass is 35.5. The molecular formula is C7H15Cl2F3N2. The molecule has 1 aliphatic carbocycles. The summed E-state index contributed by atoms with van der Waals surface area (Å²) in [5.74, 6) is 0. The van der Waals surface area contributed by atoms with Crippen LogP contribution >= 0.6 is 24.8 Å². The maximum Gasteiger partial charge on any atom is 0.401 e. The third-order valence-electron chi connectivity index (χ3n) is 2.06. The van der Waals surface area contributed by atoms with Gasteiger partial charge in [0.05, 0.1) is 6.54 Å². The molecule has 3 N–H and O–H groups in total. The van der Waals surface area contributed by atoms with Gasteiger partial charge in [0, 0.05) is 12.1 Å². The molecule has 0 aromatic carbocycles. The smallest absolute Gasteiger partial charge is 0.328 e. The molecule has 2 atom stereocenters. The number of alkyl halides is 3. The molecular weight excluding hydrogens is 240 g/mol. The maximum atomic E-state index is 11.7. The fourth-order valence-electron chi connectivity index (χ4n) is 1.46. The van der Waals surface area contributed by atoms with Crippen LogP contribution in [-0.4, -0.2) is 24.8 Å². The van der Waals surface area contributed by atoms with Crippen molar-refractivity contribution in [1.82, 2.24) is 5.32 Å². The molecule has 0 spiro atoms. The van der Waals surface area contributed by atoms with Gasteiger partial charge in [-0.15, -0.1) is 24.8 Å². The van der Waals surface area contributed by atoms with E-state index in [4.69, 9.17) is 5.73 Å². The summed E-state index contributed by atoms with van der Waals surface area (Å²) < 4.78 is 35.1. The van der Waals surface area contributed by atoms with E-state index in [9.17, 15) is 13.2 Å².